The van der Waals surface area contributed by atoms with E-state index in [1.807, 2.05) is 6.92 Å². The zero-order valence-corrected chi connectivity index (χ0v) is 11.4. The highest BCUT2D eigenvalue weighted by Crippen LogP contribution is 2.20. The molecule has 0 aliphatic carbocycles. The molecule has 0 aliphatic heterocycles. The molecule has 0 unspecified atom stereocenters. The molecule has 0 nitrogen and oxygen atoms in total. The molecule has 0 bridgehead atoms. The van der Waals surface area contributed by atoms with Crippen LogP contribution >= 0.6 is 12.6 Å². The van der Waals surface area contributed by atoms with Gasteiger partial charge in [-0.3, -0.25) is 0 Å². The van der Waals surface area contributed by atoms with Gasteiger partial charge in [0.1, 0.15) is 0 Å². The second-order valence-electron chi connectivity index (χ2n) is 4.09. The number of rotatable bonds is 4. The summed E-state index contributed by atoms with van der Waals surface area (Å²) in [6.07, 6.45) is 5.28. The molecule has 1 heteroatoms. The van der Waals surface area contributed by atoms with Gasteiger partial charge in [-0.15, -0.1) is 12.6 Å². The fraction of sp³-hybridized carbons (Fsp3) is 0.429. The van der Waals surface area contributed by atoms with Gasteiger partial charge in [-0.25, -0.2) is 0 Å². The Labute approximate surface area is 99.9 Å². The average molecular weight is 222 g/mol. The van der Waals surface area contributed by atoms with Crippen LogP contribution in [0.1, 0.15) is 41.0 Å². The van der Waals surface area contributed by atoms with E-state index < -0.39 is 0 Å². The van der Waals surface area contributed by atoms with E-state index in [-0.39, 0.29) is 0 Å². The molecular weight excluding hydrogens is 200 g/mol. The van der Waals surface area contributed by atoms with Crippen LogP contribution < -0.4 is 0 Å². The Bertz CT molecular complexity index is 323. The minimum Gasteiger partial charge on any atom is -0.143 e. The smallest absolute Gasteiger partial charge is 0.00746 e. The predicted octanol–water partition coefficient (Wildman–Crippen LogP) is 5.07. The molecule has 84 valence electrons. The molecule has 0 heterocycles. The maximum absolute atomic E-state index is 4.53. The topological polar surface area (TPSA) is 0 Å². The van der Waals surface area contributed by atoms with Gasteiger partial charge in [0, 0.05) is 4.91 Å². The third kappa shape index (κ3) is 5.68. The molecule has 0 aromatic heterocycles. The lowest BCUT2D eigenvalue weighted by Gasteiger charge is -2.04. The first-order valence-corrected chi connectivity index (χ1v) is 5.74. The van der Waals surface area contributed by atoms with Crippen molar-refractivity contribution < 1.29 is 0 Å². The van der Waals surface area contributed by atoms with Crippen molar-refractivity contribution in [2.75, 3.05) is 0 Å². The molecule has 0 aromatic carbocycles. The second-order valence-corrected chi connectivity index (χ2v) is 4.58. The molecule has 0 fully saturated rings. The van der Waals surface area contributed by atoms with Crippen molar-refractivity contribution in [2.45, 2.75) is 41.0 Å². The standard InChI is InChI=1S/C14H22S/c1-7-13(8-10(2)3)14(15)9-12(6)11(4)5/h8-9,15H,4,7H2,1-3,5-6H3/b12-9-,14-13-. The van der Waals surface area contributed by atoms with E-state index in [0.29, 0.717) is 0 Å². The van der Waals surface area contributed by atoms with Crippen molar-refractivity contribution in [1.29, 1.82) is 0 Å². The van der Waals surface area contributed by atoms with E-state index in [4.69, 9.17) is 0 Å². The molecule has 0 N–H and O–H groups in total. The summed E-state index contributed by atoms with van der Waals surface area (Å²) in [7, 11) is 0. The summed E-state index contributed by atoms with van der Waals surface area (Å²) in [6, 6.07) is 0. The maximum atomic E-state index is 4.53. The van der Waals surface area contributed by atoms with Crippen LogP contribution in [0.3, 0.4) is 0 Å². The highest BCUT2D eigenvalue weighted by atomic mass is 32.1. The van der Waals surface area contributed by atoms with Crippen molar-refractivity contribution in [3.8, 4) is 0 Å². The Balaban J connectivity index is 5.14. The van der Waals surface area contributed by atoms with Gasteiger partial charge < -0.3 is 0 Å². The summed E-state index contributed by atoms with van der Waals surface area (Å²) >= 11 is 4.53. The van der Waals surface area contributed by atoms with E-state index in [9.17, 15) is 0 Å². The lowest BCUT2D eigenvalue weighted by molar-refractivity contribution is 1.13. The fourth-order valence-electron chi connectivity index (χ4n) is 1.13. The summed E-state index contributed by atoms with van der Waals surface area (Å²) < 4.78 is 0. The van der Waals surface area contributed by atoms with Crippen LogP contribution in [0.15, 0.2) is 45.9 Å². The zero-order valence-electron chi connectivity index (χ0n) is 10.5. The summed E-state index contributed by atoms with van der Waals surface area (Å²) in [5, 5.41) is 0. The Kier molecular flexibility index (Phi) is 6.42. The van der Waals surface area contributed by atoms with Crippen LogP contribution in [0, 0.1) is 0 Å². The first-order chi connectivity index (χ1) is 6.88. The summed E-state index contributed by atoms with van der Waals surface area (Å²) in [6.45, 7) is 14.3. The molecule has 0 aromatic rings. The summed E-state index contributed by atoms with van der Waals surface area (Å²) in [5.41, 5.74) is 4.86. The van der Waals surface area contributed by atoms with Gasteiger partial charge in [0.2, 0.25) is 0 Å². The Morgan fingerprint density at radius 3 is 2.00 bits per heavy atom. The number of thiol groups is 1. The number of hydrogen-bond donors (Lipinski definition) is 1. The van der Waals surface area contributed by atoms with E-state index in [0.717, 1.165) is 16.9 Å². The molecule has 0 atom stereocenters. The molecule has 15 heavy (non-hydrogen) atoms. The van der Waals surface area contributed by atoms with E-state index in [1.54, 1.807) is 0 Å². The third-order valence-electron chi connectivity index (χ3n) is 2.20. The van der Waals surface area contributed by atoms with Gasteiger partial charge in [-0.05, 0) is 51.3 Å². The van der Waals surface area contributed by atoms with E-state index in [1.165, 1.54) is 16.7 Å². The molecule has 0 saturated heterocycles. The number of hydrogen-bond acceptors (Lipinski definition) is 1. The van der Waals surface area contributed by atoms with Crippen LogP contribution in [0.2, 0.25) is 0 Å². The molecule has 0 saturated carbocycles. The van der Waals surface area contributed by atoms with Gasteiger partial charge in [0.05, 0.1) is 0 Å². The molecular formula is C14H22S. The zero-order chi connectivity index (χ0) is 12.0. The van der Waals surface area contributed by atoms with Crippen LogP contribution in [0.25, 0.3) is 0 Å². The Hall–Kier alpha value is -0.690. The minimum absolute atomic E-state index is 1.00. The van der Waals surface area contributed by atoms with E-state index >= 15 is 0 Å². The first kappa shape index (κ1) is 14.3. The fourth-order valence-corrected chi connectivity index (χ4v) is 1.54. The van der Waals surface area contributed by atoms with Gasteiger partial charge in [0.25, 0.3) is 0 Å². The highest BCUT2D eigenvalue weighted by molar-refractivity contribution is 7.84. The van der Waals surface area contributed by atoms with Crippen molar-refractivity contribution in [1.82, 2.24) is 0 Å². The van der Waals surface area contributed by atoms with Crippen LogP contribution in [0.4, 0.5) is 0 Å². The first-order valence-electron chi connectivity index (χ1n) is 5.29. The largest absolute Gasteiger partial charge is 0.143 e. The summed E-state index contributed by atoms with van der Waals surface area (Å²) in [5.74, 6) is 0. The molecule has 0 spiro atoms. The molecule has 0 aliphatic rings. The van der Waals surface area contributed by atoms with Crippen molar-refractivity contribution in [3.63, 3.8) is 0 Å². The lowest BCUT2D eigenvalue weighted by atomic mass is 10.1. The second kappa shape index (κ2) is 6.73. The Morgan fingerprint density at radius 2 is 1.67 bits per heavy atom. The van der Waals surface area contributed by atoms with Crippen molar-refractivity contribution in [3.05, 3.63) is 45.9 Å². The monoisotopic (exact) mass is 222 g/mol. The SMILES string of the molecule is C=C(C)/C(C)=C\C(S)=C(\C=C(C)C)CC. The maximum Gasteiger partial charge on any atom is 0.00746 e. The van der Waals surface area contributed by atoms with Gasteiger partial charge in [0.15, 0.2) is 0 Å². The molecule has 0 radical (unpaired) electrons. The van der Waals surface area contributed by atoms with Gasteiger partial charge in [-0.2, -0.15) is 0 Å². The highest BCUT2D eigenvalue weighted by Gasteiger charge is 1.97. The van der Waals surface area contributed by atoms with Crippen LogP contribution in [0.5, 0.6) is 0 Å². The lowest BCUT2D eigenvalue weighted by Crippen LogP contribution is -1.83. The van der Waals surface area contributed by atoms with Crippen LogP contribution in [-0.4, -0.2) is 0 Å². The molecule has 0 amide bonds. The third-order valence-corrected chi connectivity index (χ3v) is 2.62. The minimum atomic E-state index is 1.00. The van der Waals surface area contributed by atoms with Crippen molar-refractivity contribution in [2.24, 2.45) is 0 Å². The predicted molar refractivity (Wildman–Crippen MR) is 74.3 cm³/mol. The van der Waals surface area contributed by atoms with Crippen LogP contribution in [-0.2, 0) is 0 Å². The Morgan fingerprint density at radius 1 is 1.13 bits per heavy atom. The van der Waals surface area contributed by atoms with Crippen molar-refractivity contribution >= 4 is 12.6 Å². The normalized spacial score (nSPS) is 13.3. The average Bonchev–Trinajstić information content (AvgIpc) is 2.13. The van der Waals surface area contributed by atoms with Gasteiger partial charge in [-0.1, -0.05) is 30.7 Å². The van der Waals surface area contributed by atoms with Gasteiger partial charge >= 0.3 is 0 Å². The quantitative estimate of drug-likeness (QED) is 0.498. The molecule has 0 rings (SSSR count). The van der Waals surface area contributed by atoms with E-state index in [2.05, 4.69) is 59.1 Å². The summed E-state index contributed by atoms with van der Waals surface area (Å²) in [4.78, 5) is 1.04. The number of allylic oxidation sites excluding steroid dienone is 6.